The molecule has 2 aliphatic heterocycles. The largest absolute Gasteiger partial charge is 0.376 e. The van der Waals surface area contributed by atoms with Crippen molar-refractivity contribution in [2.45, 2.75) is 0 Å². The fraction of sp³-hybridized carbons (Fsp3) is 0. The molecule has 2 aromatic heterocycles. The molecule has 168 valence electrons. The number of benzene rings is 4. The second-order valence-electron chi connectivity index (χ2n) is 9.25. The summed E-state index contributed by atoms with van der Waals surface area (Å²) in [7, 11) is 0. The van der Waals surface area contributed by atoms with E-state index in [9.17, 15) is 0 Å². The van der Waals surface area contributed by atoms with Crippen LogP contribution in [0, 0.1) is 0 Å². The Balaban J connectivity index is 1.46. The summed E-state index contributed by atoms with van der Waals surface area (Å²) in [6.07, 6.45) is 7.64. The van der Waals surface area contributed by atoms with E-state index < -0.39 is 0 Å². The SMILES string of the molecule is c1ccc2c(c1)-c1ccc(-n3cccn3)cc1B1c3cc(-n4cccn4)ccc3-c3ccccc3N12. The molecule has 6 aromatic rings. The van der Waals surface area contributed by atoms with Gasteiger partial charge in [-0.05, 0) is 70.6 Å². The van der Waals surface area contributed by atoms with E-state index in [2.05, 4.69) is 99.9 Å². The monoisotopic (exact) mass is 461 g/mol. The average Bonchev–Trinajstić information content (AvgIpc) is 3.67. The third kappa shape index (κ3) is 2.67. The van der Waals surface area contributed by atoms with Crippen LogP contribution in [0.2, 0.25) is 0 Å². The molecule has 0 spiro atoms. The molecule has 0 aliphatic carbocycles. The minimum absolute atomic E-state index is 0.0193. The zero-order chi connectivity index (χ0) is 23.6. The molecule has 5 nitrogen and oxygen atoms in total. The first-order valence-electron chi connectivity index (χ1n) is 12.1. The molecule has 0 bridgehead atoms. The summed E-state index contributed by atoms with van der Waals surface area (Å²) < 4.78 is 3.87. The lowest BCUT2D eigenvalue weighted by Gasteiger charge is -2.43. The van der Waals surface area contributed by atoms with E-state index in [4.69, 9.17) is 0 Å². The predicted molar refractivity (Wildman–Crippen MR) is 145 cm³/mol. The van der Waals surface area contributed by atoms with Gasteiger partial charge in [0.05, 0.1) is 11.4 Å². The summed E-state index contributed by atoms with van der Waals surface area (Å²) >= 11 is 0. The van der Waals surface area contributed by atoms with Gasteiger partial charge < -0.3 is 4.81 Å². The third-order valence-electron chi connectivity index (χ3n) is 7.36. The van der Waals surface area contributed by atoms with Crippen molar-refractivity contribution < 1.29 is 0 Å². The third-order valence-corrected chi connectivity index (χ3v) is 7.36. The molecule has 36 heavy (non-hydrogen) atoms. The second kappa shape index (κ2) is 7.33. The topological polar surface area (TPSA) is 38.9 Å². The minimum atomic E-state index is 0.0193. The van der Waals surface area contributed by atoms with Crippen LogP contribution in [0.15, 0.2) is 122 Å². The Morgan fingerprint density at radius 2 is 1.00 bits per heavy atom. The van der Waals surface area contributed by atoms with Gasteiger partial charge in [0, 0.05) is 47.3 Å². The Kier molecular flexibility index (Phi) is 3.96. The van der Waals surface area contributed by atoms with E-state index in [1.807, 2.05) is 46.3 Å². The number of para-hydroxylation sites is 2. The number of anilines is 2. The number of rotatable bonds is 2. The molecule has 0 amide bonds. The summed E-state index contributed by atoms with van der Waals surface area (Å²) in [6, 6.07) is 34.8. The smallest absolute Gasteiger partial charge is 0.329 e. The van der Waals surface area contributed by atoms with Crippen molar-refractivity contribution in [2.24, 2.45) is 0 Å². The Labute approximate surface area is 209 Å². The van der Waals surface area contributed by atoms with Gasteiger partial charge in [0.2, 0.25) is 0 Å². The van der Waals surface area contributed by atoms with E-state index in [0.717, 1.165) is 11.4 Å². The van der Waals surface area contributed by atoms with E-state index in [1.165, 1.54) is 44.6 Å². The fourth-order valence-electron chi connectivity index (χ4n) is 5.85. The summed E-state index contributed by atoms with van der Waals surface area (Å²) in [4.78, 5) is 2.51. The average molecular weight is 461 g/mol. The highest BCUT2D eigenvalue weighted by atomic mass is 15.3. The maximum absolute atomic E-state index is 4.50. The first kappa shape index (κ1) is 19.5. The highest BCUT2D eigenvalue weighted by molar-refractivity contribution is 6.92. The first-order valence-corrected chi connectivity index (χ1v) is 12.1. The molecular formula is C30H20BN5. The van der Waals surface area contributed by atoms with Crippen molar-refractivity contribution in [1.29, 1.82) is 0 Å². The highest BCUT2D eigenvalue weighted by Gasteiger charge is 2.42. The van der Waals surface area contributed by atoms with Gasteiger partial charge in [-0.2, -0.15) is 10.2 Å². The van der Waals surface area contributed by atoms with Crippen LogP contribution in [0.1, 0.15) is 0 Å². The molecule has 0 N–H and O–H groups in total. The first-order chi connectivity index (χ1) is 17.9. The summed E-state index contributed by atoms with van der Waals surface area (Å²) in [5.74, 6) is 0. The molecule has 0 unspecified atom stereocenters. The Morgan fingerprint density at radius 1 is 0.500 bits per heavy atom. The molecule has 0 fully saturated rings. The van der Waals surface area contributed by atoms with Gasteiger partial charge >= 0.3 is 6.85 Å². The quantitative estimate of drug-likeness (QED) is 0.342. The molecule has 4 heterocycles. The molecular weight excluding hydrogens is 441 g/mol. The van der Waals surface area contributed by atoms with Gasteiger partial charge in [0.25, 0.3) is 0 Å². The van der Waals surface area contributed by atoms with Crippen molar-refractivity contribution >= 4 is 29.1 Å². The van der Waals surface area contributed by atoms with Crippen molar-refractivity contribution in [3.8, 4) is 33.6 Å². The van der Waals surface area contributed by atoms with Gasteiger partial charge in [-0.25, -0.2) is 9.36 Å². The van der Waals surface area contributed by atoms with Crippen molar-refractivity contribution in [3.05, 3.63) is 122 Å². The van der Waals surface area contributed by atoms with Crippen LogP contribution in [0.3, 0.4) is 0 Å². The molecule has 0 radical (unpaired) electrons. The van der Waals surface area contributed by atoms with Gasteiger partial charge in [-0.1, -0.05) is 48.5 Å². The lowest BCUT2D eigenvalue weighted by molar-refractivity contribution is 0.881. The zero-order valence-electron chi connectivity index (χ0n) is 19.4. The minimum Gasteiger partial charge on any atom is -0.376 e. The lowest BCUT2D eigenvalue weighted by atomic mass is 9.43. The number of hydrogen-bond acceptors (Lipinski definition) is 3. The van der Waals surface area contributed by atoms with Gasteiger partial charge in [-0.15, -0.1) is 0 Å². The molecule has 0 saturated carbocycles. The molecule has 4 aromatic carbocycles. The molecule has 8 rings (SSSR count). The highest BCUT2D eigenvalue weighted by Crippen LogP contribution is 2.45. The van der Waals surface area contributed by atoms with Crippen LogP contribution in [0.5, 0.6) is 0 Å². The van der Waals surface area contributed by atoms with Gasteiger partial charge in [0.15, 0.2) is 0 Å². The Hall–Kier alpha value is -4.84. The van der Waals surface area contributed by atoms with Crippen molar-refractivity contribution in [2.75, 3.05) is 4.81 Å². The fourth-order valence-corrected chi connectivity index (χ4v) is 5.85. The number of nitrogens with zero attached hydrogens (tertiary/aromatic N) is 5. The van der Waals surface area contributed by atoms with Crippen LogP contribution in [0.25, 0.3) is 33.6 Å². The predicted octanol–water partition coefficient (Wildman–Crippen LogP) is 4.96. The molecule has 0 atom stereocenters. The van der Waals surface area contributed by atoms with Gasteiger partial charge in [-0.3, -0.25) is 0 Å². The normalized spacial score (nSPS) is 12.9. The summed E-state index contributed by atoms with van der Waals surface area (Å²) in [6.45, 7) is 0.0193. The van der Waals surface area contributed by atoms with Crippen LogP contribution in [-0.4, -0.2) is 26.4 Å². The second-order valence-corrected chi connectivity index (χ2v) is 9.25. The molecule has 0 saturated heterocycles. The Morgan fingerprint density at radius 3 is 1.47 bits per heavy atom. The number of hydrogen-bond donors (Lipinski definition) is 0. The maximum Gasteiger partial charge on any atom is 0.329 e. The van der Waals surface area contributed by atoms with Crippen LogP contribution < -0.4 is 15.7 Å². The lowest BCUT2D eigenvalue weighted by Crippen LogP contribution is -2.59. The van der Waals surface area contributed by atoms with Crippen LogP contribution in [0.4, 0.5) is 11.4 Å². The summed E-state index contributed by atoms with van der Waals surface area (Å²) in [5, 5.41) is 9.01. The summed E-state index contributed by atoms with van der Waals surface area (Å²) in [5.41, 5.74) is 12.1. The maximum atomic E-state index is 4.50. The zero-order valence-corrected chi connectivity index (χ0v) is 19.4. The molecule has 2 aliphatic rings. The van der Waals surface area contributed by atoms with Crippen LogP contribution >= 0.6 is 0 Å². The van der Waals surface area contributed by atoms with Crippen LogP contribution in [-0.2, 0) is 0 Å². The van der Waals surface area contributed by atoms with E-state index in [0.29, 0.717) is 0 Å². The molecule has 6 heteroatoms. The van der Waals surface area contributed by atoms with Gasteiger partial charge in [0.1, 0.15) is 0 Å². The van der Waals surface area contributed by atoms with Crippen molar-refractivity contribution in [3.63, 3.8) is 0 Å². The van der Waals surface area contributed by atoms with Crippen molar-refractivity contribution in [1.82, 2.24) is 19.6 Å². The van der Waals surface area contributed by atoms with E-state index >= 15 is 0 Å². The number of aromatic nitrogens is 4. The standard InChI is InChI=1S/C30H20BN5/c1-3-9-29-25(7-1)23-13-11-21(34-17-5-15-32-34)19-27(23)31-28-20-22(35-18-6-16-33-35)12-14-24(28)26-8-2-4-10-30(26)36(29)31/h1-20H. The number of fused-ring (bicyclic) bond motifs is 11. The van der Waals surface area contributed by atoms with E-state index in [1.54, 1.807) is 0 Å². The van der Waals surface area contributed by atoms with E-state index in [-0.39, 0.29) is 6.85 Å². The Bertz CT molecular complexity index is 1630.